The number of piperidine rings is 1. The van der Waals surface area contributed by atoms with Gasteiger partial charge >= 0.3 is 0 Å². The SMILES string of the molecule is CSc1nc(C2CC2)cc(N2CCC(F)(CNC(=O)C3CC3)CC2)n1. The van der Waals surface area contributed by atoms with Gasteiger partial charge in [0.2, 0.25) is 5.91 Å². The van der Waals surface area contributed by atoms with Crippen LogP contribution in [0.15, 0.2) is 11.2 Å². The fourth-order valence-electron chi connectivity index (χ4n) is 3.32. The Morgan fingerprint density at radius 1 is 1.32 bits per heavy atom. The summed E-state index contributed by atoms with van der Waals surface area (Å²) < 4.78 is 15.0. The fourth-order valence-corrected chi connectivity index (χ4v) is 3.70. The standard InChI is InChI=1S/C18H25FN4OS/c1-25-17-21-14(12-2-3-12)10-15(22-17)23-8-6-18(19,7-9-23)11-20-16(24)13-4-5-13/h10,12-13H,2-9,11H2,1H3,(H,20,24). The zero-order chi connectivity index (χ0) is 17.4. The number of nitrogens with one attached hydrogen (secondary N) is 1. The Labute approximate surface area is 152 Å². The molecule has 2 heterocycles. The molecule has 0 radical (unpaired) electrons. The predicted octanol–water partition coefficient (Wildman–Crippen LogP) is 2.91. The first-order valence-corrected chi connectivity index (χ1v) is 10.4. The minimum Gasteiger partial charge on any atom is -0.356 e. The maximum absolute atomic E-state index is 15.0. The first-order valence-electron chi connectivity index (χ1n) is 9.21. The van der Waals surface area contributed by atoms with Crippen molar-refractivity contribution in [3.63, 3.8) is 0 Å². The number of anilines is 1. The molecule has 1 aliphatic heterocycles. The van der Waals surface area contributed by atoms with Gasteiger partial charge in [0.1, 0.15) is 11.5 Å². The number of carbonyl (C=O) groups excluding carboxylic acids is 1. The monoisotopic (exact) mass is 364 g/mol. The van der Waals surface area contributed by atoms with Crippen molar-refractivity contribution >= 4 is 23.5 Å². The minimum atomic E-state index is -1.30. The molecule has 5 nitrogen and oxygen atoms in total. The van der Waals surface area contributed by atoms with Crippen LogP contribution in [-0.4, -0.2) is 47.4 Å². The van der Waals surface area contributed by atoms with E-state index in [0.29, 0.717) is 31.8 Å². The van der Waals surface area contributed by atoms with Gasteiger partial charge in [0, 0.05) is 43.8 Å². The van der Waals surface area contributed by atoms with E-state index in [1.807, 2.05) is 6.26 Å². The van der Waals surface area contributed by atoms with Gasteiger partial charge in [-0.15, -0.1) is 0 Å². The van der Waals surface area contributed by atoms with E-state index < -0.39 is 5.67 Å². The normalized spacial score (nSPS) is 22.7. The Morgan fingerprint density at radius 2 is 2.04 bits per heavy atom. The van der Waals surface area contributed by atoms with Crippen LogP contribution in [0.1, 0.15) is 50.1 Å². The molecule has 1 amide bonds. The van der Waals surface area contributed by atoms with E-state index in [-0.39, 0.29) is 18.4 Å². The summed E-state index contributed by atoms with van der Waals surface area (Å²) in [5.41, 5.74) is -0.168. The summed E-state index contributed by atoms with van der Waals surface area (Å²) >= 11 is 1.56. The molecule has 0 spiro atoms. The van der Waals surface area contributed by atoms with Crippen LogP contribution in [0.3, 0.4) is 0 Å². The molecule has 0 unspecified atom stereocenters. The predicted molar refractivity (Wildman–Crippen MR) is 96.8 cm³/mol. The maximum atomic E-state index is 15.0. The van der Waals surface area contributed by atoms with Crippen molar-refractivity contribution in [3.05, 3.63) is 11.8 Å². The number of rotatable bonds is 6. The van der Waals surface area contributed by atoms with E-state index in [9.17, 15) is 9.18 Å². The van der Waals surface area contributed by atoms with Crippen molar-refractivity contribution in [1.29, 1.82) is 0 Å². The Hall–Kier alpha value is -1.37. The fraction of sp³-hybridized carbons (Fsp3) is 0.722. The zero-order valence-corrected chi connectivity index (χ0v) is 15.4. The van der Waals surface area contributed by atoms with Gasteiger partial charge < -0.3 is 10.2 Å². The van der Waals surface area contributed by atoms with Gasteiger partial charge in [-0.05, 0) is 31.9 Å². The third-order valence-corrected chi connectivity index (χ3v) is 5.95. The summed E-state index contributed by atoms with van der Waals surface area (Å²) in [7, 11) is 0. The molecule has 25 heavy (non-hydrogen) atoms. The molecule has 7 heteroatoms. The summed E-state index contributed by atoms with van der Waals surface area (Å²) in [6.45, 7) is 1.40. The number of halogens is 1. The van der Waals surface area contributed by atoms with Crippen molar-refractivity contribution in [3.8, 4) is 0 Å². The molecule has 2 saturated carbocycles. The van der Waals surface area contributed by atoms with Gasteiger partial charge in [0.15, 0.2) is 5.16 Å². The van der Waals surface area contributed by atoms with Crippen LogP contribution in [0.25, 0.3) is 0 Å². The van der Waals surface area contributed by atoms with E-state index in [4.69, 9.17) is 0 Å². The lowest BCUT2D eigenvalue weighted by atomic mass is 9.93. The van der Waals surface area contributed by atoms with E-state index >= 15 is 0 Å². The third-order valence-electron chi connectivity index (χ3n) is 5.40. The molecule has 136 valence electrons. The molecule has 1 saturated heterocycles. The van der Waals surface area contributed by atoms with E-state index in [1.54, 1.807) is 11.8 Å². The smallest absolute Gasteiger partial charge is 0.223 e. The van der Waals surface area contributed by atoms with Gasteiger partial charge in [0.05, 0.1) is 12.2 Å². The van der Waals surface area contributed by atoms with Gasteiger partial charge in [-0.3, -0.25) is 4.79 Å². The zero-order valence-electron chi connectivity index (χ0n) is 14.6. The number of amides is 1. The van der Waals surface area contributed by atoms with Crippen molar-refractivity contribution < 1.29 is 9.18 Å². The average molecular weight is 364 g/mol. The summed E-state index contributed by atoms with van der Waals surface area (Å²) in [6.07, 6.45) is 7.16. The van der Waals surface area contributed by atoms with Crippen LogP contribution in [0, 0.1) is 5.92 Å². The first kappa shape index (κ1) is 17.1. The second kappa shape index (κ2) is 6.74. The second-order valence-electron chi connectivity index (χ2n) is 7.54. The quantitative estimate of drug-likeness (QED) is 0.621. The number of hydrogen-bond acceptors (Lipinski definition) is 5. The second-order valence-corrected chi connectivity index (χ2v) is 8.32. The van der Waals surface area contributed by atoms with Crippen molar-refractivity contribution in [1.82, 2.24) is 15.3 Å². The lowest BCUT2D eigenvalue weighted by molar-refractivity contribution is -0.123. The van der Waals surface area contributed by atoms with Gasteiger partial charge in [-0.25, -0.2) is 14.4 Å². The number of carbonyl (C=O) groups is 1. The van der Waals surface area contributed by atoms with Crippen LogP contribution in [-0.2, 0) is 4.79 Å². The topological polar surface area (TPSA) is 58.1 Å². The molecular formula is C18H25FN4OS. The van der Waals surface area contributed by atoms with Gasteiger partial charge in [-0.2, -0.15) is 0 Å². The summed E-state index contributed by atoms with van der Waals surface area (Å²) in [6, 6.07) is 2.08. The minimum absolute atomic E-state index is 0.0222. The Kier molecular flexibility index (Phi) is 4.60. The molecule has 1 aromatic rings. The highest BCUT2D eigenvalue weighted by atomic mass is 32.2. The molecule has 1 N–H and O–H groups in total. The average Bonchev–Trinajstić information content (AvgIpc) is 3.51. The lowest BCUT2D eigenvalue weighted by Gasteiger charge is -2.37. The molecule has 0 atom stereocenters. The molecule has 0 aromatic carbocycles. The Balaban J connectivity index is 1.37. The van der Waals surface area contributed by atoms with Crippen molar-refractivity contribution in [2.24, 2.45) is 5.92 Å². The molecule has 3 aliphatic rings. The number of nitrogens with zero attached hydrogens (tertiary/aromatic N) is 3. The largest absolute Gasteiger partial charge is 0.356 e. The molecular weight excluding hydrogens is 339 g/mol. The molecule has 0 bridgehead atoms. The van der Waals surface area contributed by atoms with Crippen LogP contribution >= 0.6 is 11.8 Å². The van der Waals surface area contributed by atoms with Crippen LogP contribution in [0.5, 0.6) is 0 Å². The Morgan fingerprint density at radius 3 is 2.64 bits per heavy atom. The first-order chi connectivity index (χ1) is 12.1. The third kappa shape index (κ3) is 4.07. The van der Waals surface area contributed by atoms with Crippen LogP contribution in [0.4, 0.5) is 10.2 Å². The number of alkyl halides is 1. The van der Waals surface area contributed by atoms with Gasteiger partial charge in [0.25, 0.3) is 0 Å². The highest BCUT2D eigenvalue weighted by molar-refractivity contribution is 7.98. The van der Waals surface area contributed by atoms with Crippen LogP contribution in [0.2, 0.25) is 0 Å². The van der Waals surface area contributed by atoms with Crippen molar-refractivity contribution in [2.45, 2.75) is 55.3 Å². The van der Waals surface area contributed by atoms with E-state index in [1.165, 1.54) is 12.8 Å². The number of hydrogen-bond donors (Lipinski definition) is 1. The summed E-state index contributed by atoms with van der Waals surface area (Å²) in [5, 5.41) is 3.60. The highest BCUT2D eigenvalue weighted by Crippen LogP contribution is 2.40. The highest BCUT2D eigenvalue weighted by Gasteiger charge is 2.37. The Bertz CT molecular complexity index is 654. The molecule has 4 rings (SSSR count). The van der Waals surface area contributed by atoms with Crippen molar-refractivity contribution in [2.75, 3.05) is 30.8 Å². The van der Waals surface area contributed by atoms with E-state index in [0.717, 1.165) is 29.5 Å². The summed E-state index contributed by atoms with van der Waals surface area (Å²) in [5.74, 6) is 1.66. The lowest BCUT2D eigenvalue weighted by Crippen LogP contribution is -2.48. The number of thioether (sulfide) groups is 1. The maximum Gasteiger partial charge on any atom is 0.223 e. The number of aromatic nitrogens is 2. The summed E-state index contributed by atoms with van der Waals surface area (Å²) in [4.78, 5) is 23.1. The molecule has 2 aliphatic carbocycles. The molecule has 1 aromatic heterocycles. The van der Waals surface area contributed by atoms with Crippen LogP contribution < -0.4 is 10.2 Å². The van der Waals surface area contributed by atoms with Gasteiger partial charge in [-0.1, -0.05) is 11.8 Å². The molecule has 3 fully saturated rings. The van der Waals surface area contributed by atoms with E-state index in [2.05, 4.69) is 26.3 Å².